The summed E-state index contributed by atoms with van der Waals surface area (Å²) < 4.78 is 4.83. The van der Waals surface area contributed by atoms with Gasteiger partial charge in [-0.15, -0.1) is 0 Å². The maximum Gasteiger partial charge on any atom is 0.306 e. The van der Waals surface area contributed by atoms with Gasteiger partial charge in [-0.25, -0.2) is 0 Å². The monoisotopic (exact) mass is 270 g/mol. The van der Waals surface area contributed by atoms with Crippen LogP contribution < -0.4 is 0 Å². The molecular weight excluding hydrogens is 244 g/mol. The van der Waals surface area contributed by atoms with E-state index in [4.69, 9.17) is 4.74 Å². The first-order valence-electron chi connectivity index (χ1n) is 7.22. The molecule has 0 aromatic rings. The third-order valence-electron chi connectivity index (χ3n) is 3.79. The molecule has 0 aromatic carbocycles. The van der Waals surface area contributed by atoms with E-state index in [-0.39, 0.29) is 24.7 Å². The maximum absolute atomic E-state index is 12.0. The largest absolute Gasteiger partial charge is 0.466 e. The standard InChI is InChI=1S/C14H26N2O3/c1-4-16-10-8-12(9-11-16)15(3)13(17)6-7-14(18)19-5-2/h12H,4-11H2,1-3H3. The molecule has 0 bridgehead atoms. The van der Waals surface area contributed by atoms with E-state index in [1.165, 1.54) is 0 Å². The minimum atomic E-state index is -0.287. The Balaban J connectivity index is 2.30. The van der Waals surface area contributed by atoms with Crippen LogP contribution in [0.15, 0.2) is 0 Å². The summed E-state index contributed by atoms with van der Waals surface area (Å²) in [6.45, 7) is 7.49. The highest BCUT2D eigenvalue weighted by Gasteiger charge is 2.24. The fraction of sp³-hybridized carbons (Fsp3) is 0.857. The summed E-state index contributed by atoms with van der Waals surface area (Å²) in [6.07, 6.45) is 2.49. The van der Waals surface area contributed by atoms with E-state index < -0.39 is 0 Å². The van der Waals surface area contributed by atoms with Crippen LogP contribution in [0.3, 0.4) is 0 Å². The van der Waals surface area contributed by atoms with Crippen LogP contribution in [0.25, 0.3) is 0 Å². The number of rotatable bonds is 6. The molecule has 1 saturated heterocycles. The summed E-state index contributed by atoms with van der Waals surface area (Å²) in [5, 5.41) is 0. The zero-order valence-corrected chi connectivity index (χ0v) is 12.4. The maximum atomic E-state index is 12.0. The van der Waals surface area contributed by atoms with Crippen LogP contribution in [-0.4, -0.2) is 61.0 Å². The van der Waals surface area contributed by atoms with Gasteiger partial charge < -0.3 is 14.5 Å². The van der Waals surface area contributed by atoms with Crippen LogP contribution >= 0.6 is 0 Å². The molecule has 5 heteroatoms. The summed E-state index contributed by atoms with van der Waals surface area (Å²) in [5.74, 6) is -0.243. The lowest BCUT2D eigenvalue weighted by molar-refractivity contribution is -0.146. The SMILES string of the molecule is CCOC(=O)CCC(=O)N(C)C1CCN(CC)CC1. The first kappa shape index (κ1) is 16.0. The Kier molecular flexibility index (Phi) is 6.84. The Morgan fingerprint density at radius 2 is 1.84 bits per heavy atom. The Hall–Kier alpha value is -1.10. The number of ether oxygens (including phenoxy) is 1. The van der Waals surface area contributed by atoms with Crippen LogP contribution in [0.1, 0.15) is 39.5 Å². The smallest absolute Gasteiger partial charge is 0.306 e. The van der Waals surface area contributed by atoms with E-state index in [1.54, 1.807) is 6.92 Å². The first-order chi connectivity index (χ1) is 9.08. The molecule has 0 radical (unpaired) electrons. The Bertz CT molecular complexity index is 299. The van der Waals surface area contributed by atoms with Gasteiger partial charge in [0, 0.05) is 32.6 Å². The van der Waals surface area contributed by atoms with E-state index in [2.05, 4.69) is 11.8 Å². The fourth-order valence-corrected chi connectivity index (χ4v) is 2.44. The quantitative estimate of drug-likeness (QED) is 0.682. The summed E-state index contributed by atoms with van der Waals surface area (Å²) in [6, 6.07) is 0.317. The average Bonchev–Trinajstić information content (AvgIpc) is 2.44. The van der Waals surface area contributed by atoms with E-state index in [1.807, 2.05) is 11.9 Å². The van der Waals surface area contributed by atoms with E-state index >= 15 is 0 Å². The number of piperidine rings is 1. The molecule has 0 atom stereocenters. The highest BCUT2D eigenvalue weighted by Crippen LogP contribution is 2.16. The molecule has 0 aliphatic carbocycles. The Morgan fingerprint density at radius 1 is 1.21 bits per heavy atom. The third kappa shape index (κ3) is 5.19. The number of hydrogen-bond acceptors (Lipinski definition) is 4. The lowest BCUT2D eigenvalue weighted by Gasteiger charge is -2.36. The minimum absolute atomic E-state index is 0.0444. The number of hydrogen-bond donors (Lipinski definition) is 0. The fourth-order valence-electron chi connectivity index (χ4n) is 2.44. The zero-order chi connectivity index (χ0) is 14.3. The number of nitrogens with zero attached hydrogens (tertiary/aromatic N) is 2. The number of likely N-dealkylation sites (tertiary alicyclic amines) is 1. The molecule has 0 spiro atoms. The number of esters is 1. The first-order valence-corrected chi connectivity index (χ1v) is 7.22. The Labute approximate surface area is 115 Å². The molecule has 1 heterocycles. The average molecular weight is 270 g/mol. The van der Waals surface area contributed by atoms with Gasteiger partial charge in [-0.2, -0.15) is 0 Å². The van der Waals surface area contributed by atoms with E-state index in [0.717, 1.165) is 32.5 Å². The molecule has 0 unspecified atom stereocenters. The van der Waals surface area contributed by atoms with Crippen molar-refractivity contribution in [3.05, 3.63) is 0 Å². The predicted molar refractivity (Wildman–Crippen MR) is 73.8 cm³/mol. The zero-order valence-electron chi connectivity index (χ0n) is 12.4. The van der Waals surface area contributed by atoms with Gasteiger partial charge in [0.1, 0.15) is 0 Å². The number of carbonyl (C=O) groups excluding carboxylic acids is 2. The second-order valence-corrected chi connectivity index (χ2v) is 4.98. The van der Waals surface area contributed by atoms with Crippen molar-refractivity contribution in [2.45, 2.75) is 45.6 Å². The van der Waals surface area contributed by atoms with E-state index in [0.29, 0.717) is 12.6 Å². The van der Waals surface area contributed by atoms with Crippen molar-refractivity contribution in [1.29, 1.82) is 0 Å². The van der Waals surface area contributed by atoms with Gasteiger partial charge in [-0.3, -0.25) is 9.59 Å². The van der Waals surface area contributed by atoms with Crippen molar-refractivity contribution in [1.82, 2.24) is 9.80 Å². The summed E-state index contributed by atoms with van der Waals surface area (Å²) in [4.78, 5) is 27.4. The van der Waals surface area contributed by atoms with Crippen LogP contribution in [-0.2, 0) is 14.3 Å². The minimum Gasteiger partial charge on any atom is -0.466 e. The van der Waals surface area contributed by atoms with Crippen molar-refractivity contribution in [3.63, 3.8) is 0 Å². The molecular formula is C14H26N2O3. The van der Waals surface area contributed by atoms with Crippen molar-refractivity contribution in [3.8, 4) is 0 Å². The molecule has 5 nitrogen and oxygen atoms in total. The summed E-state index contributed by atoms with van der Waals surface area (Å²) >= 11 is 0. The lowest BCUT2D eigenvalue weighted by Crippen LogP contribution is -2.45. The van der Waals surface area contributed by atoms with Gasteiger partial charge in [0.05, 0.1) is 13.0 Å². The molecule has 110 valence electrons. The lowest BCUT2D eigenvalue weighted by atomic mass is 10.0. The molecule has 1 fully saturated rings. The van der Waals surface area contributed by atoms with Crippen molar-refractivity contribution >= 4 is 11.9 Å². The molecule has 0 aromatic heterocycles. The molecule has 1 rings (SSSR count). The molecule has 19 heavy (non-hydrogen) atoms. The number of carbonyl (C=O) groups is 2. The molecule has 0 saturated carbocycles. The van der Waals surface area contributed by atoms with Gasteiger partial charge in [-0.05, 0) is 26.3 Å². The summed E-state index contributed by atoms with van der Waals surface area (Å²) in [5.41, 5.74) is 0. The third-order valence-corrected chi connectivity index (χ3v) is 3.79. The van der Waals surface area contributed by atoms with Gasteiger partial charge in [0.2, 0.25) is 5.91 Å². The topological polar surface area (TPSA) is 49.9 Å². The van der Waals surface area contributed by atoms with Crippen LogP contribution in [0.5, 0.6) is 0 Å². The second-order valence-electron chi connectivity index (χ2n) is 4.98. The van der Waals surface area contributed by atoms with Gasteiger partial charge in [-0.1, -0.05) is 6.92 Å². The molecule has 1 amide bonds. The van der Waals surface area contributed by atoms with Crippen molar-refractivity contribution in [2.24, 2.45) is 0 Å². The van der Waals surface area contributed by atoms with Gasteiger partial charge in [0.25, 0.3) is 0 Å². The molecule has 1 aliphatic rings. The van der Waals surface area contributed by atoms with Crippen LogP contribution in [0, 0.1) is 0 Å². The second kappa shape index (κ2) is 8.15. The van der Waals surface area contributed by atoms with Gasteiger partial charge >= 0.3 is 5.97 Å². The molecule has 0 N–H and O–H groups in total. The van der Waals surface area contributed by atoms with Crippen molar-refractivity contribution in [2.75, 3.05) is 33.3 Å². The number of amides is 1. The van der Waals surface area contributed by atoms with Crippen LogP contribution in [0.2, 0.25) is 0 Å². The van der Waals surface area contributed by atoms with Crippen molar-refractivity contribution < 1.29 is 14.3 Å². The van der Waals surface area contributed by atoms with Crippen LogP contribution in [0.4, 0.5) is 0 Å². The Morgan fingerprint density at radius 3 is 2.37 bits per heavy atom. The summed E-state index contributed by atoms with van der Waals surface area (Å²) in [7, 11) is 1.85. The molecule has 1 aliphatic heterocycles. The van der Waals surface area contributed by atoms with Gasteiger partial charge in [0.15, 0.2) is 0 Å². The highest BCUT2D eigenvalue weighted by molar-refractivity contribution is 5.81. The van der Waals surface area contributed by atoms with E-state index in [9.17, 15) is 9.59 Å². The highest BCUT2D eigenvalue weighted by atomic mass is 16.5. The predicted octanol–water partition coefficient (Wildman–Crippen LogP) is 1.27. The normalized spacial score (nSPS) is 17.2.